The molecule has 1 fully saturated rings. The molecule has 0 bridgehead atoms. The Bertz CT molecular complexity index is 1230. The summed E-state index contributed by atoms with van der Waals surface area (Å²) in [5.41, 5.74) is 2.89. The average Bonchev–Trinajstić information content (AvgIpc) is 3.45. The van der Waals surface area contributed by atoms with E-state index in [-0.39, 0.29) is 11.9 Å². The first-order chi connectivity index (χ1) is 15.2. The van der Waals surface area contributed by atoms with Gasteiger partial charge in [-0.1, -0.05) is 24.8 Å². The molecule has 0 aliphatic carbocycles. The Balaban J connectivity index is 1.45. The highest BCUT2D eigenvalue weighted by atomic mass is 16.5. The minimum Gasteiger partial charge on any atom is -0.457 e. The number of likely N-dealkylation sites (tertiary alicyclic amines) is 1. The first-order valence-electron chi connectivity index (χ1n) is 10.3. The van der Waals surface area contributed by atoms with Gasteiger partial charge in [-0.05, 0) is 55.0 Å². The highest BCUT2D eigenvalue weighted by Gasteiger charge is 2.28. The van der Waals surface area contributed by atoms with Crippen LogP contribution >= 0.6 is 0 Å². The largest absolute Gasteiger partial charge is 0.457 e. The quantitative estimate of drug-likeness (QED) is 0.441. The summed E-state index contributed by atoms with van der Waals surface area (Å²) >= 11 is 0. The summed E-state index contributed by atoms with van der Waals surface area (Å²) in [6, 6.07) is 19.7. The molecule has 154 valence electrons. The number of carbonyl (C=O) groups is 1. The Labute approximate surface area is 180 Å². The molecule has 5 rings (SSSR count). The number of aromatic nitrogens is 3. The fourth-order valence-corrected chi connectivity index (χ4v) is 4.05. The van der Waals surface area contributed by atoms with Crippen LogP contribution in [-0.2, 0) is 4.79 Å². The van der Waals surface area contributed by atoms with Crippen molar-refractivity contribution in [3.05, 3.63) is 85.7 Å². The van der Waals surface area contributed by atoms with Gasteiger partial charge in [0.05, 0.1) is 11.6 Å². The molecule has 31 heavy (non-hydrogen) atoms. The van der Waals surface area contributed by atoms with Crippen LogP contribution in [0.4, 0.5) is 0 Å². The number of hydrogen-bond donors (Lipinski definition) is 0. The summed E-state index contributed by atoms with van der Waals surface area (Å²) in [7, 11) is 0. The number of carbonyl (C=O) groups excluding carboxylic acids is 1. The van der Waals surface area contributed by atoms with E-state index in [1.165, 1.54) is 6.08 Å². The predicted molar refractivity (Wildman–Crippen MR) is 120 cm³/mol. The highest BCUT2D eigenvalue weighted by molar-refractivity contribution is 5.93. The van der Waals surface area contributed by atoms with Crippen LogP contribution in [0.2, 0.25) is 0 Å². The number of amides is 1. The van der Waals surface area contributed by atoms with Crippen LogP contribution in [0, 0.1) is 0 Å². The Morgan fingerprint density at radius 3 is 2.61 bits per heavy atom. The Kier molecular flexibility index (Phi) is 4.96. The molecule has 3 heterocycles. The number of rotatable bonds is 5. The zero-order valence-electron chi connectivity index (χ0n) is 17.0. The summed E-state index contributed by atoms with van der Waals surface area (Å²) in [5, 5.41) is 5.94. The van der Waals surface area contributed by atoms with Gasteiger partial charge in [0.2, 0.25) is 5.91 Å². The van der Waals surface area contributed by atoms with E-state index in [0.29, 0.717) is 13.1 Å². The van der Waals surface area contributed by atoms with E-state index in [1.54, 1.807) is 6.20 Å². The van der Waals surface area contributed by atoms with Gasteiger partial charge in [-0.2, -0.15) is 5.10 Å². The molecule has 2 aromatic heterocycles. The van der Waals surface area contributed by atoms with Crippen LogP contribution in [-0.4, -0.2) is 38.7 Å². The molecule has 0 saturated carbocycles. The zero-order chi connectivity index (χ0) is 21.2. The smallest absolute Gasteiger partial charge is 0.246 e. The minimum absolute atomic E-state index is 0.0325. The van der Waals surface area contributed by atoms with Crippen LogP contribution in [0.25, 0.3) is 22.2 Å². The fraction of sp³-hybridized carbons (Fsp3) is 0.160. The molecule has 0 N–H and O–H groups in total. The molecule has 6 nitrogen and oxygen atoms in total. The number of benzene rings is 2. The predicted octanol–water partition coefficient (Wildman–Crippen LogP) is 4.85. The second-order valence-corrected chi connectivity index (χ2v) is 7.56. The fourth-order valence-electron chi connectivity index (χ4n) is 4.05. The van der Waals surface area contributed by atoms with Crippen LogP contribution in [0.5, 0.6) is 11.5 Å². The van der Waals surface area contributed by atoms with Crippen molar-refractivity contribution in [2.45, 2.75) is 12.5 Å². The van der Waals surface area contributed by atoms with Gasteiger partial charge in [-0.25, -0.2) is 0 Å². The lowest BCUT2D eigenvalue weighted by molar-refractivity contribution is -0.125. The van der Waals surface area contributed by atoms with E-state index in [9.17, 15) is 4.79 Å². The van der Waals surface area contributed by atoms with Crippen molar-refractivity contribution in [1.29, 1.82) is 0 Å². The van der Waals surface area contributed by atoms with E-state index in [0.717, 1.165) is 40.1 Å². The molecule has 6 heteroatoms. The maximum Gasteiger partial charge on any atom is 0.246 e. The van der Waals surface area contributed by atoms with Crippen molar-refractivity contribution in [3.8, 4) is 22.8 Å². The second kappa shape index (κ2) is 8.07. The van der Waals surface area contributed by atoms with Crippen molar-refractivity contribution in [1.82, 2.24) is 19.7 Å². The van der Waals surface area contributed by atoms with Gasteiger partial charge in [0.15, 0.2) is 0 Å². The summed E-state index contributed by atoms with van der Waals surface area (Å²) in [6.07, 6.45) is 5.87. The topological polar surface area (TPSA) is 60.2 Å². The zero-order valence-corrected chi connectivity index (χ0v) is 17.0. The number of ether oxygens (including phenoxy) is 1. The molecular weight excluding hydrogens is 388 g/mol. The molecule has 4 aromatic rings. The van der Waals surface area contributed by atoms with E-state index in [2.05, 4.69) is 11.6 Å². The van der Waals surface area contributed by atoms with Gasteiger partial charge in [0.1, 0.15) is 17.2 Å². The normalized spacial score (nSPS) is 15.9. The Hall–Kier alpha value is -3.93. The van der Waals surface area contributed by atoms with Gasteiger partial charge in [0.25, 0.3) is 0 Å². The molecule has 0 unspecified atom stereocenters. The lowest BCUT2D eigenvalue weighted by Gasteiger charge is -2.15. The van der Waals surface area contributed by atoms with E-state index >= 15 is 0 Å². The van der Waals surface area contributed by atoms with E-state index < -0.39 is 0 Å². The van der Waals surface area contributed by atoms with Crippen LogP contribution in [0.1, 0.15) is 12.5 Å². The van der Waals surface area contributed by atoms with Gasteiger partial charge in [-0.15, -0.1) is 0 Å². The van der Waals surface area contributed by atoms with Gasteiger partial charge >= 0.3 is 0 Å². The van der Waals surface area contributed by atoms with Crippen molar-refractivity contribution in [2.24, 2.45) is 0 Å². The molecule has 1 saturated heterocycles. The third-order valence-electron chi connectivity index (χ3n) is 5.61. The molecule has 1 aliphatic heterocycles. The van der Waals surface area contributed by atoms with E-state index in [1.807, 2.05) is 76.4 Å². The number of para-hydroxylation sites is 1. The second-order valence-electron chi connectivity index (χ2n) is 7.56. The molecule has 0 radical (unpaired) electrons. The molecular formula is C25H22N4O2. The van der Waals surface area contributed by atoms with Crippen molar-refractivity contribution < 1.29 is 9.53 Å². The Morgan fingerprint density at radius 2 is 1.84 bits per heavy atom. The minimum atomic E-state index is -0.0325. The van der Waals surface area contributed by atoms with Gasteiger partial charge < -0.3 is 9.64 Å². The van der Waals surface area contributed by atoms with Crippen LogP contribution < -0.4 is 4.74 Å². The summed E-state index contributed by atoms with van der Waals surface area (Å²) in [4.78, 5) is 18.1. The summed E-state index contributed by atoms with van der Waals surface area (Å²) in [6.45, 7) is 4.94. The number of hydrogen-bond acceptors (Lipinski definition) is 4. The van der Waals surface area contributed by atoms with Gasteiger partial charge in [0, 0.05) is 36.4 Å². The van der Waals surface area contributed by atoms with E-state index in [4.69, 9.17) is 9.84 Å². The monoisotopic (exact) mass is 410 g/mol. The van der Waals surface area contributed by atoms with Crippen LogP contribution in [0.15, 0.2) is 85.7 Å². The molecule has 1 aliphatic rings. The number of pyridine rings is 1. The van der Waals surface area contributed by atoms with Crippen molar-refractivity contribution in [3.63, 3.8) is 0 Å². The molecule has 2 aromatic carbocycles. The molecule has 1 amide bonds. The number of nitrogens with zero attached hydrogens (tertiary/aromatic N) is 4. The maximum atomic E-state index is 12.0. The molecule has 0 spiro atoms. The van der Waals surface area contributed by atoms with Crippen LogP contribution in [0.3, 0.4) is 0 Å². The Morgan fingerprint density at radius 1 is 1.06 bits per heavy atom. The lowest BCUT2D eigenvalue weighted by Crippen LogP contribution is -2.27. The van der Waals surface area contributed by atoms with Crippen molar-refractivity contribution >= 4 is 16.8 Å². The number of fused-ring (bicyclic) bond motifs is 1. The first-order valence-corrected chi connectivity index (χ1v) is 10.3. The summed E-state index contributed by atoms with van der Waals surface area (Å²) in [5.74, 6) is 1.54. The van der Waals surface area contributed by atoms with Gasteiger partial charge in [-0.3, -0.25) is 14.5 Å². The standard InChI is InChI=1S/C25H22N4O2/c1-2-24(30)28-15-13-19(17-28)29-23-12-14-26-16-22(23)25(27-29)18-8-10-21(11-9-18)31-20-6-4-3-5-7-20/h2-12,14,16,19H,1,13,15,17H2/t19-/m1/s1. The SMILES string of the molecule is C=CC(=O)N1CC[C@@H](n2nc(-c3ccc(Oc4ccccc4)cc3)c3cnccc32)C1. The third kappa shape index (κ3) is 3.68. The summed E-state index contributed by atoms with van der Waals surface area (Å²) < 4.78 is 7.94. The first kappa shape index (κ1) is 19.1. The maximum absolute atomic E-state index is 12.0. The lowest BCUT2D eigenvalue weighted by atomic mass is 10.1. The molecule has 1 atom stereocenters. The average molecular weight is 410 g/mol. The highest BCUT2D eigenvalue weighted by Crippen LogP contribution is 2.33. The van der Waals surface area contributed by atoms with Crippen molar-refractivity contribution in [2.75, 3.05) is 13.1 Å². The third-order valence-corrected chi connectivity index (χ3v) is 5.61.